The van der Waals surface area contributed by atoms with Gasteiger partial charge in [-0.25, -0.2) is 4.39 Å². The van der Waals surface area contributed by atoms with Gasteiger partial charge in [0.1, 0.15) is 5.82 Å². The van der Waals surface area contributed by atoms with Crippen molar-refractivity contribution in [2.75, 3.05) is 5.75 Å². The summed E-state index contributed by atoms with van der Waals surface area (Å²) in [5.41, 5.74) is 0.475. The summed E-state index contributed by atoms with van der Waals surface area (Å²) < 4.78 is 16.5. The second kappa shape index (κ2) is 8.86. The Balaban J connectivity index is 1.57. The molecule has 1 amide bonds. The van der Waals surface area contributed by atoms with E-state index in [1.165, 1.54) is 24.2 Å². The molecule has 1 aromatic carbocycles. The molecule has 2 fully saturated rings. The van der Waals surface area contributed by atoms with E-state index < -0.39 is 0 Å². The first-order valence-corrected chi connectivity index (χ1v) is 11.7. The highest BCUT2D eigenvalue weighted by atomic mass is 32.2. The Bertz CT molecular complexity index is 854. The zero-order valence-electron chi connectivity index (χ0n) is 17.2. The molecule has 0 unspecified atom stereocenters. The van der Waals surface area contributed by atoms with Crippen LogP contribution in [-0.2, 0) is 4.79 Å². The first-order valence-electron chi connectivity index (χ1n) is 10.7. The Kier molecular flexibility index (Phi) is 6.23. The second-order valence-electron chi connectivity index (χ2n) is 8.31. The van der Waals surface area contributed by atoms with Crippen LogP contribution in [0.5, 0.6) is 0 Å². The molecule has 4 rings (SSSR count). The van der Waals surface area contributed by atoms with Gasteiger partial charge in [0.05, 0.1) is 11.3 Å². The molecular formula is C22H29FN4OS. The van der Waals surface area contributed by atoms with Crippen molar-refractivity contribution in [3.8, 4) is 11.4 Å². The van der Waals surface area contributed by atoms with E-state index in [9.17, 15) is 9.18 Å². The highest BCUT2D eigenvalue weighted by Gasteiger charge is 2.30. The van der Waals surface area contributed by atoms with Gasteiger partial charge in [-0.1, -0.05) is 36.7 Å². The van der Waals surface area contributed by atoms with E-state index in [2.05, 4.69) is 28.6 Å². The lowest BCUT2D eigenvalue weighted by atomic mass is 9.98. The zero-order valence-corrected chi connectivity index (χ0v) is 18.0. The van der Waals surface area contributed by atoms with Gasteiger partial charge < -0.3 is 4.90 Å². The van der Waals surface area contributed by atoms with E-state index in [1.54, 1.807) is 12.1 Å². The number of carbonyl (C=O) groups is 1. The van der Waals surface area contributed by atoms with Gasteiger partial charge in [-0.05, 0) is 58.1 Å². The average Bonchev–Trinajstić information content (AvgIpc) is 3.36. The Morgan fingerprint density at radius 2 is 1.76 bits per heavy atom. The van der Waals surface area contributed by atoms with Crippen molar-refractivity contribution in [2.45, 2.75) is 82.1 Å². The maximum absolute atomic E-state index is 14.4. The summed E-state index contributed by atoms with van der Waals surface area (Å²) in [6.07, 6.45) is 7.72. The quantitative estimate of drug-likeness (QED) is 0.638. The van der Waals surface area contributed by atoms with Crippen LogP contribution in [0.3, 0.4) is 0 Å². The summed E-state index contributed by atoms with van der Waals surface area (Å²) in [5.74, 6) is 0.784. The number of carbonyl (C=O) groups excluding carboxylic acids is 1. The lowest BCUT2D eigenvalue weighted by molar-refractivity contribution is -0.134. The molecule has 0 spiro atoms. The number of likely N-dealkylation sites (tertiary alicyclic amines) is 1. The van der Waals surface area contributed by atoms with E-state index in [0.717, 1.165) is 43.7 Å². The molecule has 1 aliphatic carbocycles. The molecule has 2 heterocycles. The van der Waals surface area contributed by atoms with Crippen LogP contribution in [0.4, 0.5) is 4.39 Å². The fraction of sp³-hybridized carbons (Fsp3) is 0.591. The van der Waals surface area contributed by atoms with Crippen LogP contribution in [0.2, 0.25) is 0 Å². The monoisotopic (exact) mass is 416 g/mol. The number of halogens is 1. The number of piperidine rings is 1. The highest BCUT2D eigenvalue weighted by Crippen LogP contribution is 2.37. The van der Waals surface area contributed by atoms with Crippen LogP contribution in [0.15, 0.2) is 29.4 Å². The van der Waals surface area contributed by atoms with Crippen molar-refractivity contribution in [3.05, 3.63) is 30.1 Å². The molecule has 2 aromatic rings. The smallest absolute Gasteiger partial charge is 0.233 e. The van der Waals surface area contributed by atoms with E-state index >= 15 is 0 Å². The molecule has 2 aliphatic rings. The van der Waals surface area contributed by atoms with E-state index in [-0.39, 0.29) is 29.8 Å². The number of aromatic nitrogens is 3. The van der Waals surface area contributed by atoms with Gasteiger partial charge in [0.2, 0.25) is 5.91 Å². The van der Waals surface area contributed by atoms with Crippen LogP contribution in [0.1, 0.15) is 64.8 Å². The third-order valence-corrected chi connectivity index (χ3v) is 7.20. The minimum absolute atomic E-state index is 0.156. The summed E-state index contributed by atoms with van der Waals surface area (Å²) in [6.45, 7) is 4.27. The van der Waals surface area contributed by atoms with Crippen molar-refractivity contribution in [2.24, 2.45) is 0 Å². The summed E-state index contributed by atoms with van der Waals surface area (Å²) in [6, 6.07) is 7.55. The molecule has 1 saturated heterocycles. The predicted molar refractivity (Wildman–Crippen MR) is 113 cm³/mol. The van der Waals surface area contributed by atoms with E-state index in [1.807, 2.05) is 11.0 Å². The molecule has 1 aromatic heterocycles. The number of hydrogen-bond acceptors (Lipinski definition) is 4. The molecule has 29 heavy (non-hydrogen) atoms. The molecule has 1 aliphatic heterocycles. The van der Waals surface area contributed by atoms with E-state index in [4.69, 9.17) is 0 Å². The van der Waals surface area contributed by atoms with Crippen LogP contribution in [0.25, 0.3) is 11.4 Å². The van der Waals surface area contributed by atoms with Crippen LogP contribution < -0.4 is 0 Å². The number of amides is 1. The van der Waals surface area contributed by atoms with Crippen molar-refractivity contribution in [1.82, 2.24) is 19.7 Å². The lowest BCUT2D eigenvalue weighted by Gasteiger charge is -2.39. The van der Waals surface area contributed by atoms with E-state index in [0.29, 0.717) is 17.1 Å². The molecule has 2 atom stereocenters. The molecule has 5 nitrogen and oxygen atoms in total. The number of benzene rings is 1. The third-order valence-electron chi connectivity index (χ3n) is 6.28. The average molecular weight is 417 g/mol. The van der Waals surface area contributed by atoms with Gasteiger partial charge in [0.15, 0.2) is 11.0 Å². The van der Waals surface area contributed by atoms with Crippen molar-refractivity contribution in [3.63, 3.8) is 0 Å². The predicted octanol–water partition coefficient (Wildman–Crippen LogP) is 5.08. The fourth-order valence-electron chi connectivity index (χ4n) is 4.81. The first kappa shape index (κ1) is 20.4. The number of hydrogen-bond donors (Lipinski definition) is 0. The summed E-state index contributed by atoms with van der Waals surface area (Å²) in [4.78, 5) is 15.0. The minimum Gasteiger partial charge on any atom is -0.337 e. The Morgan fingerprint density at radius 1 is 1.07 bits per heavy atom. The first-order chi connectivity index (χ1) is 14.1. The zero-order chi connectivity index (χ0) is 20.4. The number of thioether (sulfide) groups is 1. The van der Waals surface area contributed by atoms with Crippen molar-refractivity contribution < 1.29 is 9.18 Å². The summed E-state index contributed by atoms with van der Waals surface area (Å²) >= 11 is 1.44. The highest BCUT2D eigenvalue weighted by molar-refractivity contribution is 7.99. The lowest BCUT2D eigenvalue weighted by Crippen LogP contribution is -2.48. The van der Waals surface area contributed by atoms with Gasteiger partial charge in [0.25, 0.3) is 0 Å². The largest absolute Gasteiger partial charge is 0.337 e. The summed E-state index contributed by atoms with van der Waals surface area (Å²) in [5, 5.41) is 9.43. The van der Waals surface area contributed by atoms with Gasteiger partial charge in [-0.3, -0.25) is 9.36 Å². The molecule has 1 saturated carbocycles. The molecular weight excluding hydrogens is 387 g/mol. The summed E-state index contributed by atoms with van der Waals surface area (Å²) in [7, 11) is 0. The molecule has 0 bridgehead atoms. The van der Waals surface area contributed by atoms with Crippen molar-refractivity contribution in [1.29, 1.82) is 0 Å². The Hall–Kier alpha value is -1.89. The fourth-order valence-corrected chi connectivity index (χ4v) is 5.68. The van der Waals surface area contributed by atoms with Crippen LogP contribution in [-0.4, -0.2) is 43.4 Å². The standard InChI is InChI=1S/C22H29FN4OS/c1-15-8-7-9-16(2)26(15)20(28)14-29-22-25-24-21(18-12-5-6-13-19(18)23)27(22)17-10-3-4-11-17/h5-6,12-13,15-17H,3-4,7-11,14H2,1-2H3/t15-,16-/m0/s1. The molecule has 7 heteroatoms. The Morgan fingerprint density at radius 3 is 2.45 bits per heavy atom. The van der Waals surface area contributed by atoms with Gasteiger partial charge >= 0.3 is 0 Å². The number of rotatable bonds is 5. The molecule has 0 N–H and O–H groups in total. The van der Waals surface area contributed by atoms with Crippen LogP contribution >= 0.6 is 11.8 Å². The second-order valence-corrected chi connectivity index (χ2v) is 9.26. The number of nitrogens with zero attached hydrogens (tertiary/aromatic N) is 4. The maximum atomic E-state index is 14.4. The third kappa shape index (κ3) is 4.20. The normalized spacial score (nSPS) is 22.9. The van der Waals surface area contributed by atoms with Gasteiger partial charge in [-0.15, -0.1) is 10.2 Å². The van der Waals surface area contributed by atoms with Gasteiger partial charge in [-0.2, -0.15) is 0 Å². The van der Waals surface area contributed by atoms with Crippen molar-refractivity contribution >= 4 is 17.7 Å². The SMILES string of the molecule is C[C@H]1CCC[C@H](C)N1C(=O)CSc1nnc(-c2ccccc2F)n1C1CCCC1. The minimum atomic E-state index is -0.289. The topological polar surface area (TPSA) is 51.0 Å². The Labute approximate surface area is 176 Å². The molecule has 0 radical (unpaired) electrons. The van der Waals surface area contributed by atoms with Crippen LogP contribution in [0, 0.1) is 5.82 Å². The molecule has 156 valence electrons. The maximum Gasteiger partial charge on any atom is 0.233 e. The van der Waals surface area contributed by atoms with Gasteiger partial charge in [0, 0.05) is 18.1 Å².